The van der Waals surface area contributed by atoms with Gasteiger partial charge in [0.1, 0.15) is 5.82 Å². The number of anilines is 2. The van der Waals surface area contributed by atoms with E-state index in [2.05, 4.69) is 10.3 Å². The SMILES string of the molecule is CC(N)CCCC(C)C(=O)Nc1ccc(N(C)C)nc1. The van der Waals surface area contributed by atoms with Crippen LogP contribution in [-0.4, -0.2) is 31.0 Å². The number of carbonyl (C=O) groups is 1. The summed E-state index contributed by atoms with van der Waals surface area (Å²) >= 11 is 0. The summed E-state index contributed by atoms with van der Waals surface area (Å²) < 4.78 is 0. The molecule has 1 heterocycles. The number of carbonyl (C=O) groups excluding carboxylic acids is 1. The minimum atomic E-state index is -0.0118. The van der Waals surface area contributed by atoms with Gasteiger partial charge in [0.25, 0.3) is 0 Å². The first-order chi connectivity index (χ1) is 9.40. The number of aromatic nitrogens is 1. The highest BCUT2D eigenvalue weighted by Crippen LogP contribution is 2.15. The first-order valence-corrected chi connectivity index (χ1v) is 7.10. The minimum Gasteiger partial charge on any atom is -0.363 e. The smallest absolute Gasteiger partial charge is 0.227 e. The summed E-state index contributed by atoms with van der Waals surface area (Å²) in [5.41, 5.74) is 6.44. The Labute approximate surface area is 121 Å². The first-order valence-electron chi connectivity index (χ1n) is 7.10. The van der Waals surface area contributed by atoms with E-state index < -0.39 is 0 Å². The zero-order valence-corrected chi connectivity index (χ0v) is 12.9. The Balaban J connectivity index is 2.44. The van der Waals surface area contributed by atoms with Gasteiger partial charge in [-0.25, -0.2) is 4.98 Å². The molecule has 1 amide bonds. The van der Waals surface area contributed by atoms with Gasteiger partial charge in [-0.2, -0.15) is 0 Å². The van der Waals surface area contributed by atoms with E-state index in [1.54, 1.807) is 6.20 Å². The number of hydrogen-bond donors (Lipinski definition) is 2. The second-order valence-corrected chi connectivity index (χ2v) is 5.60. The standard InChI is InChI=1S/C15H26N4O/c1-11(6-5-7-12(2)16)15(20)18-13-8-9-14(17-10-13)19(3)4/h8-12H,5-7,16H2,1-4H3,(H,18,20). The second kappa shape index (κ2) is 7.85. The van der Waals surface area contributed by atoms with Crippen LogP contribution in [0.2, 0.25) is 0 Å². The first kappa shape index (κ1) is 16.4. The van der Waals surface area contributed by atoms with Crippen molar-refractivity contribution in [2.45, 2.75) is 39.2 Å². The molecule has 5 heteroatoms. The molecule has 0 saturated carbocycles. The summed E-state index contributed by atoms with van der Waals surface area (Å²) in [5.74, 6) is 0.893. The fourth-order valence-corrected chi connectivity index (χ4v) is 1.87. The van der Waals surface area contributed by atoms with Crippen molar-refractivity contribution in [2.75, 3.05) is 24.3 Å². The van der Waals surface area contributed by atoms with E-state index in [1.165, 1.54) is 0 Å². The van der Waals surface area contributed by atoms with Crippen LogP contribution < -0.4 is 16.0 Å². The van der Waals surface area contributed by atoms with Crippen molar-refractivity contribution in [3.63, 3.8) is 0 Å². The number of pyridine rings is 1. The van der Waals surface area contributed by atoms with Gasteiger partial charge >= 0.3 is 0 Å². The number of nitrogens with one attached hydrogen (secondary N) is 1. The van der Waals surface area contributed by atoms with E-state index in [0.29, 0.717) is 0 Å². The highest BCUT2D eigenvalue weighted by molar-refractivity contribution is 5.92. The molecule has 1 rings (SSSR count). The molecule has 2 atom stereocenters. The number of amides is 1. The Kier molecular flexibility index (Phi) is 6.45. The molecule has 0 aliphatic heterocycles. The monoisotopic (exact) mass is 278 g/mol. The lowest BCUT2D eigenvalue weighted by Crippen LogP contribution is -2.21. The van der Waals surface area contributed by atoms with Crippen LogP contribution in [0.5, 0.6) is 0 Å². The van der Waals surface area contributed by atoms with Crippen molar-refractivity contribution >= 4 is 17.4 Å². The summed E-state index contributed by atoms with van der Waals surface area (Å²) in [4.78, 5) is 18.2. The molecule has 0 aliphatic rings. The molecule has 1 aromatic rings. The van der Waals surface area contributed by atoms with E-state index in [0.717, 1.165) is 30.8 Å². The number of rotatable bonds is 7. The zero-order chi connectivity index (χ0) is 15.1. The van der Waals surface area contributed by atoms with Crippen LogP contribution in [0.15, 0.2) is 18.3 Å². The lowest BCUT2D eigenvalue weighted by Gasteiger charge is -2.14. The van der Waals surface area contributed by atoms with Crippen molar-refractivity contribution in [2.24, 2.45) is 11.7 Å². The maximum absolute atomic E-state index is 12.0. The summed E-state index contributed by atoms with van der Waals surface area (Å²) in [6, 6.07) is 3.96. The van der Waals surface area contributed by atoms with Gasteiger partial charge in [0, 0.05) is 26.1 Å². The van der Waals surface area contributed by atoms with Gasteiger partial charge in [-0.15, -0.1) is 0 Å². The fourth-order valence-electron chi connectivity index (χ4n) is 1.87. The predicted molar refractivity (Wildman–Crippen MR) is 83.9 cm³/mol. The summed E-state index contributed by atoms with van der Waals surface area (Å²) in [6.45, 7) is 3.93. The number of nitrogens with two attached hydrogens (primary N) is 1. The van der Waals surface area contributed by atoms with Crippen LogP contribution in [0.4, 0.5) is 11.5 Å². The van der Waals surface area contributed by atoms with Crippen LogP contribution in [-0.2, 0) is 4.79 Å². The molecule has 0 radical (unpaired) electrons. The predicted octanol–water partition coefficient (Wildman–Crippen LogP) is 2.24. The maximum atomic E-state index is 12.0. The zero-order valence-electron chi connectivity index (χ0n) is 12.9. The average molecular weight is 278 g/mol. The molecule has 3 N–H and O–H groups in total. The van der Waals surface area contributed by atoms with E-state index >= 15 is 0 Å². The summed E-state index contributed by atoms with van der Waals surface area (Å²) in [5, 5.41) is 2.89. The lowest BCUT2D eigenvalue weighted by atomic mass is 10.0. The molecule has 20 heavy (non-hydrogen) atoms. The molecule has 0 bridgehead atoms. The minimum absolute atomic E-state index is 0.0118. The van der Waals surface area contributed by atoms with Crippen molar-refractivity contribution in [1.29, 1.82) is 0 Å². The fraction of sp³-hybridized carbons (Fsp3) is 0.600. The normalized spacial score (nSPS) is 13.7. The molecule has 0 saturated heterocycles. The number of nitrogens with zero attached hydrogens (tertiary/aromatic N) is 2. The van der Waals surface area contributed by atoms with E-state index in [-0.39, 0.29) is 17.9 Å². The van der Waals surface area contributed by atoms with Gasteiger partial charge in [-0.05, 0) is 31.9 Å². The van der Waals surface area contributed by atoms with Gasteiger partial charge in [0.05, 0.1) is 11.9 Å². The molecule has 0 fully saturated rings. The van der Waals surface area contributed by atoms with E-state index in [4.69, 9.17) is 5.73 Å². The summed E-state index contributed by atoms with van der Waals surface area (Å²) in [7, 11) is 3.86. The van der Waals surface area contributed by atoms with Crippen LogP contribution in [0.3, 0.4) is 0 Å². The van der Waals surface area contributed by atoms with Gasteiger partial charge in [-0.3, -0.25) is 4.79 Å². The topological polar surface area (TPSA) is 71.2 Å². The third-order valence-corrected chi connectivity index (χ3v) is 3.22. The Hall–Kier alpha value is -1.62. The molecule has 5 nitrogen and oxygen atoms in total. The highest BCUT2D eigenvalue weighted by atomic mass is 16.1. The quantitative estimate of drug-likeness (QED) is 0.802. The Morgan fingerprint density at radius 2 is 2.05 bits per heavy atom. The molecule has 112 valence electrons. The van der Waals surface area contributed by atoms with Crippen LogP contribution in [0.25, 0.3) is 0 Å². The molecule has 0 aliphatic carbocycles. The molecular weight excluding hydrogens is 252 g/mol. The third kappa shape index (κ3) is 5.57. The Morgan fingerprint density at radius 3 is 2.55 bits per heavy atom. The van der Waals surface area contributed by atoms with Gasteiger partial charge in [0.2, 0.25) is 5.91 Å². The Bertz CT molecular complexity index is 414. The molecule has 0 spiro atoms. The highest BCUT2D eigenvalue weighted by Gasteiger charge is 2.13. The second-order valence-electron chi connectivity index (χ2n) is 5.60. The summed E-state index contributed by atoms with van der Waals surface area (Å²) in [6.07, 6.45) is 4.47. The van der Waals surface area contributed by atoms with Crippen LogP contribution in [0.1, 0.15) is 33.1 Å². The van der Waals surface area contributed by atoms with Gasteiger partial charge in [-0.1, -0.05) is 13.3 Å². The third-order valence-electron chi connectivity index (χ3n) is 3.22. The average Bonchev–Trinajstić information content (AvgIpc) is 2.38. The van der Waals surface area contributed by atoms with Crippen molar-refractivity contribution in [3.8, 4) is 0 Å². The maximum Gasteiger partial charge on any atom is 0.227 e. The van der Waals surface area contributed by atoms with E-state index in [1.807, 2.05) is 45.0 Å². The van der Waals surface area contributed by atoms with E-state index in [9.17, 15) is 4.79 Å². The van der Waals surface area contributed by atoms with Gasteiger partial charge in [0.15, 0.2) is 0 Å². The molecular formula is C15H26N4O. The Morgan fingerprint density at radius 1 is 1.35 bits per heavy atom. The molecule has 2 unspecified atom stereocenters. The lowest BCUT2D eigenvalue weighted by molar-refractivity contribution is -0.119. The van der Waals surface area contributed by atoms with Crippen LogP contribution in [0, 0.1) is 5.92 Å². The van der Waals surface area contributed by atoms with Crippen molar-refractivity contribution < 1.29 is 4.79 Å². The van der Waals surface area contributed by atoms with Crippen molar-refractivity contribution in [3.05, 3.63) is 18.3 Å². The van der Waals surface area contributed by atoms with Crippen molar-refractivity contribution in [1.82, 2.24) is 4.98 Å². The van der Waals surface area contributed by atoms with Gasteiger partial charge < -0.3 is 16.0 Å². The number of hydrogen-bond acceptors (Lipinski definition) is 4. The molecule has 1 aromatic heterocycles. The van der Waals surface area contributed by atoms with Crippen LogP contribution >= 0.6 is 0 Å². The largest absolute Gasteiger partial charge is 0.363 e. The molecule has 0 aromatic carbocycles.